The van der Waals surface area contributed by atoms with Crippen LogP contribution in [0.5, 0.6) is 0 Å². The Balaban J connectivity index is 1.86. The molecule has 7 heteroatoms. The average Bonchev–Trinajstić information content (AvgIpc) is 2.51. The van der Waals surface area contributed by atoms with Gasteiger partial charge >= 0.3 is 0 Å². The number of amides is 2. The zero-order valence-corrected chi connectivity index (χ0v) is 11.5. The van der Waals surface area contributed by atoms with Crippen LogP contribution < -0.4 is 10.9 Å². The number of hydrazine groups is 1. The Morgan fingerprint density at radius 1 is 1.19 bits per heavy atom. The molecular formula is C14H11ClN4O2. The first-order valence-corrected chi connectivity index (χ1v) is 6.33. The summed E-state index contributed by atoms with van der Waals surface area (Å²) in [7, 11) is 0. The lowest BCUT2D eigenvalue weighted by atomic mass is 10.2. The lowest BCUT2D eigenvalue weighted by Gasteiger charge is -2.03. The first-order chi connectivity index (χ1) is 10.1. The fraction of sp³-hybridized carbons (Fsp3) is 0. The van der Waals surface area contributed by atoms with Crippen LogP contribution in [0, 0.1) is 0 Å². The molecule has 21 heavy (non-hydrogen) atoms. The molecule has 6 nitrogen and oxygen atoms in total. The Kier molecular flexibility index (Phi) is 5.00. The van der Waals surface area contributed by atoms with E-state index >= 15 is 0 Å². The predicted molar refractivity (Wildman–Crippen MR) is 78.1 cm³/mol. The topological polar surface area (TPSA) is 84.0 Å². The number of nitrogens with one attached hydrogen (secondary N) is 2. The number of halogens is 1. The van der Waals surface area contributed by atoms with Crippen molar-refractivity contribution in [3.05, 3.63) is 65.2 Å². The van der Waals surface area contributed by atoms with Crippen molar-refractivity contribution >= 4 is 29.5 Å². The van der Waals surface area contributed by atoms with Crippen molar-refractivity contribution < 1.29 is 9.59 Å². The minimum Gasteiger partial charge on any atom is -0.268 e. The third kappa shape index (κ3) is 4.70. The Labute approximate surface area is 125 Å². The first kappa shape index (κ1) is 14.7. The molecule has 106 valence electrons. The summed E-state index contributed by atoms with van der Waals surface area (Å²) < 4.78 is 0. The molecule has 2 aromatic rings. The van der Waals surface area contributed by atoms with Crippen LogP contribution in [0.4, 0.5) is 0 Å². The molecule has 0 fully saturated rings. The third-order valence-corrected chi connectivity index (χ3v) is 2.61. The van der Waals surface area contributed by atoms with Gasteiger partial charge in [-0.3, -0.25) is 25.4 Å². The smallest absolute Gasteiger partial charge is 0.268 e. The molecule has 0 aliphatic heterocycles. The van der Waals surface area contributed by atoms with Crippen LogP contribution in [-0.4, -0.2) is 21.8 Å². The summed E-state index contributed by atoms with van der Waals surface area (Å²) >= 11 is 5.83. The molecule has 0 bridgehead atoms. The molecule has 1 heterocycles. The van der Waals surface area contributed by atoms with Crippen LogP contribution in [0.1, 0.15) is 16.1 Å². The molecule has 0 spiro atoms. The summed E-state index contributed by atoms with van der Waals surface area (Å²) in [6, 6.07) is 7.02. The zero-order chi connectivity index (χ0) is 15.1. The lowest BCUT2D eigenvalue weighted by molar-refractivity contribution is -0.117. The zero-order valence-electron chi connectivity index (χ0n) is 10.8. The number of benzene rings is 1. The van der Waals surface area contributed by atoms with Crippen LogP contribution in [0.3, 0.4) is 0 Å². The number of hydrogen-bond donors (Lipinski definition) is 2. The number of nitrogens with zero attached hydrogens (tertiary/aromatic N) is 2. The van der Waals surface area contributed by atoms with Gasteiger partial charge in [0.25, 0.3) is 11.8 Å². The van der Waals surface area contributed by atoms with E-state index in [9.17, 15) is 9.59 Å². The quantitative estimate of drug-likeness (QED) is 0.666. The maximum atomic E-state index is 11.6. The molecule has 0 aliphatic rings. The molecule has 0 atom stereocenters. The van der Waals surface area contributed by atoms with E-state index in [0.717, 1.165) is 5.56 Å². The predicted octanol–water partition coefficient (Wildman–Crippen LogP) is 1.60. The van der Waals surface area contributed by atoms with E-state index in [2.05, 4.69) is 20.8 Å². The number of aromatic nitrogens is 2. The highest BCUT2D eigenvalue weighted by Gasteiger charge is 2.06. The Bertz CT molecular complexity index is 674. The van der Waals surface area contributed by atoms with Gasteiger partial charge in [-0.2, -0.15) is 0 Å². The monoisotopic (exact) mass is 302 g/mol. The van der Waals surface area contributed by atoms with Crippen molar-refractivity contribution in [1.29, 1.82) is 0 Å². The van der Waals surface area contributed by atoms with Gasteiger partial charge in [0.2, 0.25) is 0 Å². The number of rotatable bonds is 3. The largest absolute Gasteiger partial charge is 0.289 e. The third-order valence-electron chi connectivity index (χ3n) is 2.37. The summed E-state index contributed by atoms with van der Waals surface area (Å²) in [5, 5.41) is 0.577. The standard InChI is InChI=1S/C14H11ClN4O2/c15-11-3-1-2-10(8-11)4-5-13(20)18-19-14(21)12-9-16-6-7-17-12/h1-9H,(H,18,20)(H,19,21)/b5-4+. The number of carbonyl (C=O) groups excluding carboxylic acids is 2. The maximum absolute atomic E-state index is 11.6. The summed E-state index contributed by atoms with van der Waals surface area (Å²) in [4.78, 5) is 30.7. The van der Waals surface area contributed by atoms with Crippen LogP contribution in [0.25, 0.3) is 6.08 Å². The van der Waals surface area contributed by atoms with Crippen molar-refractivity contribution in [3.8, 4) is 0 Å². The molecule has 2 rings (SSSR count). The van der Waals surface area contributed by atoms with E-state index < -0.39 is 11.8 Å². The molecule has 0 saturated carbocycles. The maximum Gasteiger partial charge on any atom is 0.289 e. The van der Waals surface area contributed by atoms with E-state index in [0.29, 0.717) is 5.02 Å². The summed E-state index contributed by atoms with van der Waals surface area (Å²) in [5.74, 6) is -1.03. The lowest BCUT2D eigenvalue weighted by Crippen LogP contribution is -2.41. The van der Waals surface area contributed by atoms with Crippen LogP contribution in [0.2, 0.25) is 5.02 Å². The van der Waals surface area contributed by atoms with Gasteiger partial charge in [-0.15, -0.1) is 0 Å². The Morgan fingerprint density at radius 3 is 2.76 bits per heavy atom. The van der Waals surface area contributed by atoms with E-state index in [-0.39, 0.29) is 5.69 Å². The van der Waals surface area contributed by atoms with Crippen molar-refractivity contribution in [2.24, 2.45) is 0 Å². The Hall–Kier alpha value is -2.73. The summed E-state index contributed by atoms with van der Waals surface area (Å²) in [6.45, 7) is 0. The van der Waals surface area contributed by atoms with Gasteiger partial charge in [0.05, 0.1) is 6.20 Å². The van der Waals surface area contributed by atoms with Crippen LogP contribution in [-0.2, 0) is 4.79 Å². The van der Waals surface area contributed by atoms with Crippen molar-refractivity contribution in [1.82, 2.24) is 20.8 Å². The molecule has 1 aromatic carbocycles. The van der Waals surface area contributed by atoms with E-state index in [1.54, 1.807) is 30.3 Å². The summed E-state index contributed by atoms with van der Waals surface area (Å²) in [6.07, 6.45) is 6.99. The minimum absolute atomic E-state index is 0.108. The van der Waals surface area contributed by atoms with Gasteiger partial charge in [0, 0.05) is 23.5 Å². The second-order valence-corrected chi connectivity index (χ2v) is 4.36. The SMILES string of the molecule is O=C(/C=C/c1cccc(Cl)c1)NNC(=O)c1cnccn1. The second kappa shape index (κ2) is 7.16. The molecular weight excluding hydrogens is 292 g/mol. The van der Waals surface area contributed by atoms with Gasteiger partial charge in [-0.25, -0.2) is 4.98 Å². The first-order valence-electron chi connectivity index (χ1n) is 5.95. The Morgan fingerprint density at radius 2 is 2.05 bits per heavy atom. The van der Waals surface area contributed by atoms with E-state index in [1.165, 1.54) is 24.7 Å². The molecule has 0 radical (unpaired) electrons. The molecule has 0 saturated heterocycles. The molecule has 2 N–H and O–H groups in total. The number of carbonyl (C=O) groups is 2. The average molecular weight is 303 g/mol. The van der Waals surface area contributed by atoms with Crippen molar-refractivity contribution in [2.45, 2.75) is 0 Å². The van der Waals surface area contributed by atoms with Gasteiger partial charge in [0.15, 0.2) is 0 Å². The van der Waals surface area contributed by atoms with Crippen molar-refractivity contribution in [3.63, 3.8) is 0 Å². The molecule has 2 amide bonds. The van der Waals surface area contributed by atoms with Gasteiger partial charge in [0.1, 0.15) is 5.69 Å². The van der Waals surface area contributed by atoms with Crippen LogP contribution >= 0.6 is 11.6 Å². The molecule has 1 aromatic heterocycles. The molecule has 0 unspecified atom stereocenters. The molecule has 0 aliphatic carbocycles. The fourth-order valence-electron chi connectivity index (χ4n) is 1.42. The van der Waals surface area contributed by atoms with Gasteiger partial charge < -0.3 is 0 Å². The van der Waals surface area contributed by atoms with Crippen LogP contribution in [0.15, 0.2) is 48.9 Å². The summed E-state index contributed by atoms with van der Waals surface area (Å²) in [5.41, 5.74) is 5.35. The fourth-order valence-corrected chi connectivity index (χ4v) is 1.62. The van der Waals surface area contributed by atoms with Gasteiger partial charge in [-0.05, 0) is 23.8 Å². The highest BCUT2D eigenvalue weighted by molar-refractivity contribution is 6.30. The second-order valence-electron chi connectivity index (χ2n) is 3.92. The highest BCUT2D eigenvalue weighted by atomic mass is 35.5. The highest BCUT2D eigenvalue weighted by Crippen LogP contribution is 2.11. The minimum atomic E-state index is -0.549. The van der Waals surface area contributed by atoms with E-state index in [1.807, 2.05) is 0 Å². The van der Waals surface area contributed by atoms with Crippen molar-refractivity contribution in [2.75, 3.05) is 0 Å². The van der Waals surface area contributed by atoms with E-state index in [4.69, 9.17) is 11.6 Å². The van der Waals surface area contributed by atoms with Gasteiger partial charge in [-0.1, -0.05) is 23.7 Å². The number of hydrogen-bond acceptors (Lipinski definition) is 4. The normalized spacial score (nSPS) is 10.3.